The SMILES string of the molecule is O=C1C[C@H](c2ccccc2)Oc2ccccc21. The van der Waals surface area contributed by atoms with Crippen LogP contribution in [0.25, 0.3) is 0 Å². The first-order chi connectivity index (χ1) is 8.34. The summed E-state index contributed by atoms with van der Waals surface area (Å²) in [5.74, 6) is 0.846. The van der Waals surface area contributed by atoms with Gasteiger partial charge < -0.3 is 4.74 Å². The Morgan fingerprint density at radius 1 is 0.941 bits per heavy atom. The molecule has 1 aliphatic rings. The molecule has 0 spiro atoms. The molecule has 1 atom stereocenters. The van der Waals surface area contributed by atoms with Crippen LogP contribution in [0.5, 0.6) is 5.75 Å². The highest BCUT2D eigenvalue weighted by molar-refractivity contribution is 5.99. The van der Waals surface area contributed by atoms with Gasteiger partial charge in [-0.05, 0) is 17.7 Å². The predicted octanol–water partition coefficient (Wildman–Crippen LogP) is 3.39. The lowest BCUT2D eigenvalue weighted by atomic mass is 9.96. The molecule has 0 aliphatic carbocycles. The lowest BCUT2D eigenvalue weighted by Crippen LogP contribution is -2.20. The number of hydrogen-bond donors (Lipinski definition) is 0. The van der Waals surface area contributed by atoms with Crippen LogP contribution in [0.1, 0.15) is 28.4 Å². The maximum Gasteiger partial charge on any atom is 0.170 e. The van der Waals surface area contributed by atoms with E-state index in [1.165, 1.54) is 0 Å². The Morgan fingerprint density at radius 2 is 1.65 bits per heavy atom. The summed E-state index contributed by atoms with van der Waals surface area (Å²) in [6, 6.07) is 17.3. The van der Waals surface area contributed by atoms with Crippen LogP contribution in [0.3, 0.4) is 0 Å². The van der Waals surface area contributed by atoms with Crippen LogP contribution in [0.15, 0.2) is 54.6 Å². The van der Waals surface area contributed by atoms with Crippen molar-refractivity contribution >= 4 is 5.78 Å². The summed E-state index contributed by atoms with van der Waals surface area (Å²) in [7, 11) is 0. The molecule has 0 saturated carbocycles. The number of carbonyl (C=O) groups excluding carboxylic acids is 1. The number of hydrogen-bond acceptors (Lipinski definition) is 2. The predicted molar refractivity (Wildman–Crippen MR) is 65.2 cm³/mol. The largest absolute Gasteiger partial charge is 0.484 e. The van der Waals surface area contributed by atoms with Crippen molar-refractivity contribution in [2.75, 3.05) is 0 Å². The summed E-state index contributed by atoms with van der Waals surface area (Å²) in [5.41, 5.74) is 1.75. The van der Waals surface area contributed by atoms with Gasteiger partial charge >= 0.3 is 0 Å². The van der Waals surface area contributed by atoms with Crippen molar-refractivity contribution in [2.24, 2.45) is 0 Å². The number of ketones is 1. The summed E-state index contributed by atoms with van der Waals surface area (Å²) in [5, 5.41) is 0. The van der Waals surface area contributed by atoms with Crippen LogP contribution < -0.4 is 4.74 Å². The molecule has 0 bridgehead atoms. The van der Waals surface area contributed by atoms with Crippen LogP contribution >= 0.6 is 0 Å². The van der Waals surface area contributed by atoms with Crippen molar-refractivity contribution in [3.63, 3.8) is 0 Å². The molecule has 3 rings (SSSR count). The molecule has 2 aromatic rings. The van der Waals surface area contributed by atoms with Gasteiger partial charge in [0.15, 0.2) is 5.78 Å². The van der Waals surface area contributed by atoms with Crippen molar-refractivity contribution in [3.8, 4) is 5.75 Å². The number of fused-ring (bicyclic) bond motifs is 1. The second kappa shape index (κ2) is 4.06. The highest BCUT2D eigenvalue weighted by Crippen LogP contribution is 2.34. The summed E-state index contributed by atoms with van der Waals surface area (Å²) in [6.07, 6.45) is 0.264. The quantitative estimate of drug-likeness (QED) is 0.742. The van der Waals surface area contributed by atoms with Crippen molar-refractivity contribution < 1.29 is 9.53 Å². The first-order valence-corrected chi connectivity index (χ1v) is 5.68. The summed E-state index contributed by atoms with van der Waals surface area (Å²) >= 11 is 0. The van der Waals surface area contributed by atoms with Crippen LogP contribution in [-0.2, 0) is 0 Å². The smallest absolute Gasteiger partial charge is 0.170 e. The monoisotopic (exact) mass is 224 g/mol. The van der Waals surface area contributed by atoms with Gasteiger partial charge in [-0.25, -0.2) is 0 Å². The molecule has 17 heavy (non-hydrogen) atoms. The maximum atomic E-state index is 12.0. The van der Waals surface area contributed by atoms with E-state index in [0.29, 0.717) is 17.7 Å². The van der Waals surface area contributed by atoms with E-state index in [1.807, 2.05) is 54.6 Å². The maximum absolute atomic E-state index is 12.0. The van der Waals surface area contributed by atoms with Gasteiger partial charge in [0.2, 0.25) is 0 Å². The number of ether oxygens (including phenoxy) is 1. The standard InChI is InChI=1S/C15H12O2/c16-13-10-15(11-6-2-1-3-7-11)17-14-9-5-4-8-12(13)14/h1-9,15H,10H2/t15-/m1/s1. The minimum atomic E-state index is -0.154. The van der Waals surface area contributed by atoms with E-state index in [4.69, 9.17) is 4.74 Å². The molecule has 0 fully saturated rings. The topological polar surface area (TPSA) is 26.3 Å². The number of rotatable bonds is 1. The second-order valence-electron chi connectivity index (χ2n) is 4.14. The van der Waals surface area contributed by atoms with Gasteiger partial charge in [-0.2, -0.15) is 0 Å². The van der Waals surface area contributed by atoms with E-state index >= 15 is 0 Å². The Morgan fingerprint density at radius 3 is 2.47 bits per heavy atom. The molecule has 0 unspecified atom stereocenters. The van der Waals surface area contributed by atoms with Crippen molar-refractivity contribution in [2.45, 2.75) is 12.5 Å². The van der Waals surface area contributed by atoms with Crippen LogP contribution in [0.2, 0.25) is 0 Å². The second-order valence-corrected chi connectivity index (χ2v) is 4.14. The third-order valence-electron chi connectivity index (χ3n) is 3.00. The summed E-state index contributed by atoms with van der Waals surface area (Å²) in [4.78, 5) is 12.0. The van der Waals surface area contributed by atoms with Gasteiger partial charge in [0.05, 0.1) is 12.0 Å². The number of benzene rings is 2. The van der Waals surface area contributed by atoms with E-state index in [1.54, 1.807) is 0 Å². The number of Topliss-reactive ketones (excluding diaryl/α,β-unsaturated/α-hetero) is 1. The molecule has 0 amide bonds. The van der Waals surface area contributed by atoms with Crippen molar-refractivity contribution in [1.82, 2.24) is 0 Å². The fraction of sp³-hybridized carbons (Fsp3) is 0.133. The third-order valence-corrected chi connectivity index (χ3v) is 3.00. The van der Waals surface area contributed by atoms with Gasteiger partial charge in [0, 0.05) is 0 Å². The van der Waals surface area contributed by atoms with E-state index in [-0.39, 0.29) is 11.9 Å². The molecule has 2 heteroatoms. The first-order valence-electron chi connectivity index (χ1n) is 5.68. The molecule has 1 heterocycles. The zero-order chi connectivity index (χ0) is 11.7. The van der Waals surface area contributed by atoms with Crippen LogP contribution in [-0.4, -0.2) is 5.78 Å². The number of carbonyl (C=O) groups is 1. The average molecular weight is 224 g/mol. The first kappa shape index (κ1) is 10.1. The third kappa shape index (κ3) is 1.82. The zero-order valence-electron chi connectivity index (χ0n) is 9.30. The van der Waals surface area contributed by atoms with Crippen molar-refractivity contribution in [3.05, 3.63) is 65.7 Å². The van der Waals surface area contributed by atoms with Crippen LogP contribution in [0, 0.1) is 0 Å². The molecular formula is C15H12O2. The Labute approximate surface area is 99.9 Å². The molecule has 0 N–H and O–H groups in total. The lowest BCUT2D eigenvalue weighted by Gasteiger charge is -2.25. The van der Waals surface area contributed by atoms with Crippen molar-refractivity contribution in [1.29, 1.82) is 0 Å². The minimum Gasteiger partial charge on any atom is -0.484 e. The molecule has 84 valence electrons. The summed E-state index contributed by atoms with van der Waals surface area (Å²) in [6.45, 7) is 0. The molecule has 1 aliphatic heterocycles. The van der Waals surface area contributed by atoms with Gasteiger partial charge in [-0.3, -0.25) is 4.79 Å². The normalized spacial score (nSPS) is 18.4. The molecule has 0 radical (unpaired) electrons. The van der Waals surface area contributed by atoms with Gasteiger partial charge in [0.25, 0.3) is 0 Å². The minimum absolute atomic E-state index is 0.153. The van der Waals surface area contributed by atoms with Gasteiger partial charge in [-0.1, -0.05) is 42.5 Å². The van der Waals surface area contributed by atoms with E-state index in [2.05, 4.69) is 0 Å². The van der Waals surface area contributed by atoms with E-state index in [9.17, 15) is 4.79 Å². The molecule has 2 nitrogen and oxygen atoms in total. The van der Waals surface area contributed by atoms with Crippen LogP contribution in [0.4, 0.5) is 0 Å². The van der Waals surface area contributed by atoms with E-state index in [0.717, 1.165) is 5.56 Å². The molecule has 2 aromatic carbocycles. The Balaban J connectivity index is 1.97. The molecule has 0 aromatic heterocycles. The zero-order valence-corrected chi connectivity index (χ0v) is 9.30. The highest BCUT2D eigenvalue weighted by Gasteiger charge is 2.26. The highest BCUT2D eigenvalue weighted by atomic mass is 16.5. The molecular weight excluding hydrogens is 212 g/mol. The Hall–Kier alpha value is -2.09. The fourth-order valence-corrected chi connectivity index (χ4v) is 2.13. The van der Waals surface area contributed by atoms with Gasteiger partial charge in [-0.15, -0.1) is 0 Å². The Kier molecular flexibility index (Phi) is 2.41. The fourth-order valence-electron chi connectivity index (χ4n) is 2.13. The average Bonchev–Trinajstić information content (AvgIpc) is 2.40. The summed E-state index contributed by atoms with van der Waals surface area (Å²) < 4.78 is 5.87. The van der Waals surface area contributed by atoms with E-state index < -0.39 is 0 Å². The Bertz CT molecular complexity index is 546. The lowest BCUT2D eigenvalue weighted by molar-refractivity contribution is 0.0850. The van der Waals surface area contributed by atoms with Gasteiger partial charge in [0.1, 0.15) is 11.9 Å². The number of para-hydroxylation sites is 1. The molecule has 0 saturated heterocycles.